The first-order valence-corrected chi connectivity index (χ1v) is 10.0. The quantitative estimate of drug-likeness (QED) is 0.525. The number of aromatic nitrogens is 3. The number of nitriles is 1. The van der Waals surface area contributed by atoms with E-state index in [2.05, 4.69) is 38.5 Å². The first-order chi connectivity index (χ1) is 14.7. The van der Waals surface area contributed by atoms with Gasteiger partial charge in [-0.15, -0.1) is 0 Å². The summed E-state index contributed by atoms with van der Waals surface area (Å²) in [4.78, 5) is 13.8. The van der Waals surface area contributed by atoms with Crippen molar-refractivity contribution < 1.29 is 4.42 Å². The number of rotatable bonds is 4. The smallest absolute Gasteiger partial charge is 0.181 e. The maximum atomic E-state index is 9.13. The Balaban J connectivity index is 1.61. The monoisotopic (exact) mass is 398 g/mol. The molecular weight excluding hydrogens is 376 g/mol. The third-order valence-corrected chi connectivity index (χ3v) is 5.69. The summed E-state index contributed by atoms with van der Waals surface area (Å²) in [5, 5.41) is 9.13. The molecule has 1 aromatic carbocycles. The fraction of sp³-hybridized carbons (Fsp3) is 0.261. The van der Waals surface area contributed by atoms with Crippen molar-refractivity contribution in [1.82, 2.24) is 24.2 Å². The minimum atomic E-state index is 0.649. The summed E-state index contributed by atoms with van der Waals surface area (Å²) in [6.07, 6.45) is 5.24. The highest BCUT2D eigenvalue weighted by Gasteiger charge is 2.20. The summed E-state index contributed by atoms with van der Waals surface area (Å²) in [6, 6.07) is 13.8. The Kier molecular flexibility index (Phi) is 4.79. The first kappa shape index (κ1) is 18.6. The van der Waals surface area contributed by atoms with Crippen LogP contribution in [0.1, 0.15) is 11.3 Å². The zero-order chi connectivity index (χ0) is 20.5. The van der Waals surface area contributed by atoms with Gasteiger partial charge in [0, 0.05) is 50.0 Å². The normalized spacial score (nSPS) is 15.5. The zero-order valence-electron chi connectivity index (χ0n) is 16.8. The Hall–Kier alpha value is -3.47. The number of pyridine rings is 1. The van der Waals surface area contributed by atoms with Crippen LogP contribution in [-0.4, -0.2) is 57.4 Å². The van der Waals surface area contributed by atoms with Crippen molar-refractivity contribution >= 4 is 5.65 Å². The molecule has 0 unspecified atom stereocenters. The van der Waals surface area contributed by atoms with E-state index in [1.54, 1.807) is 6.20 Å². The summed E-state index contributed by atoms with van der Waals surface area (Å²) < 4.78 is 7.65. The lowest BCUT2D eigenvalue weighted by Crippen LogP contribution is -2.44. The van der Waals surface area contributed by atoms with Gasteiger partial charge in [0.2, 0.25) is 0 Å². The van der Waals surface area contributed by atoms with Gasteiger partial charge in [0.25, 0.3) is 0 Å². The molecule has 0 radical (unpaired) electrons. The van der Waals surface area contributed by atoms with Crippen molar-refractivity contribution in [3.8, 4) is 28.7 Å². The molecule has 150 valence electrons. The molecule has 4 aromatic rings. The number of benzene rings is 1. The van der Waals surface area contributed by atoms with E-state index in [4.69, 9.17) is 14.7 Å². The van der Waals surface area contributed by atoms with Gasteiger partial charge >= 0.3 is 0 Å². The maximum Gasteiger partial charge on any atom is 0.181 e. The van der Waals surface area contributed by atoms with E-state index < -0.39 is 0 Å². The minimum Gasteiger partial charge on any atom is -0.443 e. The van der Waals surface area contributed by atoms with Gasteiger partial charge in [0.1, 0.15) is 5.65 Å². The van der Waals surface area contributed by atoms with Crippen molar-refractivity contribution in [2.24, 2.45) is 0 Å². The molecule has 0 aliphatic carbocycles. The molecular formula is C23H22N6O. The number of imidazole rings is 1. The standard InChI is InChI=1S/C23H22N6O/c1-27-8-10-28(11-9-27)15-20-23(18-4-2-17(12-24)3-5-18)26-22-7-6-19(14-29(20)22)21-13-25-16-30-21/h2-7,13-14,16H,8-11,15H2,1H3. The Labute approximate surface area is 174 Å². The molecule has 7 nitrogen and oxygen atoms in total. The highest BCUT2D eigenvalue weighted by molar-refractivity contribution is 5.69. The molecule has 1 saturated heterocycles. The van der Waals surface area contributed by atoms with Crippen LogP contribution < -0.4 is 0 Å². The lowest BCUT2D eigenvalue weighted by atomic mass is 10.1. The molecule has 30 heavy (non-hydrogen) atoms. The molecule has 0 spiro atoms. The van der Waals surface area contributed by atoms with Gasteiger partial charge in [-0.2, -0.15) is 5.26 Å². The largest absolute Gasteiger partial charge is 0.443 e. The fourth-order valence-electron chi connectivity index (χ4n) is 3.90. The lowest BCUT2D eigenvalue weighted by molar-refractivity contribution is 0.147. The van der Waals surface area contributed by atoms with E-state index in [0.29, 0.717) is 5.56 Å². The summed E-state index contributed by atoms with van der Waals surface area (Å²) in [5.41, 5.74) is 5.61. The van der Waals surface area contributed by atoms with Crippen LogP contribution >= 0.6 is 0 Å². The molecule has 0 N–H and O–H groups in total. The maximum absolute atomic E-state index is 9.13. The van der Waals surface area contributed by atoms with Crippen LogP contribution in [0.4, 0.5) is 0 Å². The number of likely N-dealkylation sites (N-methyl/N-ethyl adjacent to an activating group) is 1. The second-order valence-electron chi connectivity index (χ2n) is 7.69. The second kappa shape index (κ2) is 7.75. The summed E-state index contributed by atoms with van der Waals surface area (Å²) in [6.45, 7) is 4.99. The molecule has 1 aliphatic heterocycles. The molecule has 0 atom stereocenters. The van der Waals surface area contributed by atoms with Gasteiger partial charge in [0.05, 0.1) is 29.2 Å². The molecule has 0 amide bonds. The van der Waals surface area contributed by atoms with Gasteiger partial charge in [-0.25, -0.2) is 9.97 Å². The number of piperazine rings is 1. The van der Waals surface area contributed by atoms with Crippen molar-refractivity contribution in [2.45, 2.75) is 6.54 Å². The average Bonchev–Trinajstić information content (AvgIpc) is 3.44. The highest BCUT2D eigenvalue weighted by atomic mass is 16.3. The van der Waals surface area contributed by atoms with E-state index in [9.17, 15) is 0 Å². The number of nitrogens with zero attached hydrogens (tertiary/aromatic N) is 6. The molecule has 7 heteroatoms. The fourth-order valence-corrected chi connectivity index (χ4v) is 3.90. The van der Waals surface area contributed by atoms with Gasteiger partial charge < -0.3 is 13.7 Å². The van der Waals surface area contributed by atoms with Crippen LogP contribution in [0.5, 0.6) is 0 Å². The number of oxazole rings is 1. The van der Waals surface area contributed by atoms with Crippen molar-refractivity contribution in [1.29, 1.82) is 5.26 Å². The van der Waals surface area contributed by atoms with E-state index in [0.717, 1.165) is 66.6 Å². The molecule has 3 aromatic heterocycles. The van der Waals surface area contributed by atoms with Crippen LogP contribution in [0.25, 0.3) is 28.2 Å². The predicted molar refractivity (Wildman–Crippen MR) is 114 cm³/mol. The SMILES string of the molecule is CN1CCN(Cc2c(-c3ccc(C#N)cc3)nc3ccc(-c4cnco4)cn23)CC1. The molecule has 4 heterocycles. The Bertz CT molecular complexity index is 1200. The molecule has 0 bridgehead atoms. The Morgan fingerprint density at radius 1 is 1.03 bits per heavy atom. The summed E-state index contributed by atoms with van der Waals surface area (Å²) >= 11 is 0. The van der Waals surface area contributed by atoms with Crippen molar-refractivity contribution in [2.75, 3.05) is 33.2 Å². The number of fused-ring (bicyclic) bond motifs is 1. The van der Waals surface area contributed by atoms with Crippen LogP contribution in [0, 0.1) is 11.3 Å². The highest BCUT2D eigenvalue weighted by Crippen LogP contribution is 2.28. The second-order valence-corrected chi connectivity index (χ2v) is 7.69. The number of hydrogen-bond donors (Lipinski definition) is 0. The van der Waals surface area contributed by atoms with Crippen LogP contribution in [0.3, 0.4) is 0 Å². The van der Waals surface area contributed by atoms with E-state index in [-0.39, 0.29) is 0 Å². The Morgan fingerprint density at radius 2 is 1.80 bits per heavy atom. The third kappa shape index (κ3) is 3.47. The molecule has 1 aliphatic rings. The molecule has 0 saturated carbocycles. The van der Waals surface area contributed by atoms with E-state index >= 15 is 0 Å². The third-order valence-electron chi connectivity index (χ3n) is 5.69. The van der Waals surface area contributed by atoms with Gasteiger partial charge in [-0.3, -0.25) is 4.90 Å². The van der Waals surface area contributed by atoms with Crippen LogP contribution in [-0.2, 0) is 6.54 Å². The van der Waals surface area contributed by atoms with Gasteiger partial charge in [-0.1, -0.05) is 12.1 Å². The Morgan fingerprint density at radius 3 is 2.50 bits per heavy atom. The molecule has 1 fully saturated rings. The van der Waals surface area contributed by atoms with E-state index in [1.807, 2.05) is 36.4 Å². The van der Waals surface area contributed by atoms with Crippen LogP contribution in [0.15, 0.2) is 59.6 Å². The summed E-state index contributed by atoms with van der Waals surface area (Å²) in [5.74, 6) is 0.732. The average molecular weight is 398 g/mol. The van der Waals surface area contributed by atoms with E-state index in [1.165, 1.54) is 6.39 Å². The number of hydrogen-bond acceptors (Lipinski definition) is 6. The van der Waals surface area contributed by atoms with Gasteiger partial charge in [-0.05, 0) is 31.3 Å². The topological polar surface area (TPSA) is 73.6 Å². The van der Waals surface area contributed by atoms with Crippen molar-refractivity contribution in [3.63, 3.8) is 0 Å². The van der Waals surface area contributed by atoms with Gasteiger partial charge in [0.15, 0.2) is 12.2 Å². The zero-order valence-corrected chi connectivity index (χ0v) is 16.8. The molecule has 5 rings (SSSR count). The first-order valence-electron chi connectivity index (χ1n) is 10.0. The van der Waals surface area contributed by atoms with Crippen molar-refractivity contribution in [3.05, 3.63) is 66.4 Å². The van der Waals surface area contributed by atoms with Crippen LogP contribution in [0.2, 0.25) is 0 Å². The lowest BCUT2D eigenvalue weighted by Gasteiger charge is -2.32. The minimum absolute atomic E-state index is 0.649. The predicted octanol–water partition coefficient (Wildman–Crippen LogP) is 3.28. The summed E-state index contributed by atoms with van der Waals surface area (Å²) in [7, 11) is 2.16.